The highest BCUT2D eigenvalue weighted by Crippen LogP contribution is 2.31. The molecule has 1 aliphatic rings. The van der Waals surface area contributed by atoms with Crippen LogP contribution in [0.2, 0.25) is 0 Å². The van der Waals surface area contributed by atoms with Crippen LogP contribution in [0, 0.1) is 12.3 Å². The third-order valence-electron chi connectivity index (χ3n) is 3.75. The van der Waals surface area contributed by atoms with Crippen LogP contribution in [-0.2, 0) is 9.53 Å². The summed E-state index contributed by atoms with van der Waals surface area (Å²) in [6, 6.07) is 3.12. The van der Waals surface area contributed by atoms with Crippen LogP contribution in [0.3, 0.4) is 0 Å². The quantitative estimate of drug-likeness (QED) is 0.739. The fourth-order valence-corrected chi connectivity index (χ4v) is 2.39. The Morgan fingerprint density at radius 2 is 2.10 bits per heavy atom. The Morgan fingerprint density at radius 1 is 1.43 bits per heavy atom. The smallest absolute Gasteiger partial charge is 0.311 e. The van der Waals surface area contributed by atoms with Crippen LogP contribution in [0.25, 0.3) is 0 Å². The van der Waals surface area contributed by atoms with Gasteiger partial charge in [-0.1, -0.05) is 0 Å². The molecule has 114 valence electrons. The topological polar surface area (TPSA) is 115 Å². The lowest BCUT2D eigenvalue weighted by Crippen LogP contribution is -2.42. The zero-order valence-electron chi connectivity index (χ0n) is 11.9. The Morgan fingerprint density at radius 3 is 2.67 bits per heavy atom. The monoisotopic (exact) mass is 293 g/mol. The Balaban J connectivity index is 2.14. The lowest BCUT2D eigenvalue weighted by Gasteiger charge is -2.33. The number of nitrogens with two attached hydrogens (primary N) is 1. The van der Waals surface area contributed by atoms with Crippen molar-refractivity contribution in [1.82, 2.24) is 4.98 Å². The number of hydrogen-bond acceptors (Lipinski definition) is 5. The lowest BCUT2D eigenvalue weighted by atomic mass is 9.80. The van der Waals surface area contributed by atoms with E-state index < -0.39 is 17.3 Å². The number of carboxylic acids is 1. The molecule has 1 fully saturated rings. The average molecular weight is 293 g/mol. The molecule has 21 heavy (non-hydrogen) atoms. The van der Waals surface area contributed by atoms with Gasteiger partial charge in [-0.05, 0) is 31.9 Å². The molecule has 0 atom stereocenters. The Labute approximate surface area is 122 Å². The molecule has 4 N–H and O–H groups in total. The van der Waals surface area contributed by atoms with Crippen molar-refractivity contribution in [2.24, 2.45) is 11.1 Å². The van der Waals surface area contributed by atoms with Gasteiger partial charge in [0.15, 0.2) is 0 Å². The number of primary amides is 1. The number of ether oxygens (including phenoxy) is 1. The van der Waals surface area contributed by atoms with Gasteiger partial charge >= 0.3 is 5.97 Å². The number of anilines is 1. The zero-order valence-corrected chi connectivity index (χ0v) is 11.9. The molecule has 7 nitrogen and oxygen atoms in total. The summed E-state index contributed by atoms with van der Waals surface area (Å²) in [4.78, 5) is 27.0. The minimum Gasteiger partial charge on any atom is -0.481 e. The van der Waals surface area contributed by atoms with Gasteiger partial charge in [-0.15, -0.1) is 0 Å². The second kappa shape index (κ2) is 6.09. The number of aromatic nitrogens is 1. The number of aryl methyl sites for hydroxylation is 1. The SMILES string of the molecule is Cc1cc(C(N)=O)cc(NCC2(C(=O)O)CCOCC2)n1. The number of amides is 1. The maximum Gasteiger partial charge on any atom is 0.311 e. The second-order valence-electron chi connectivity index (χ2n) is 5.30. The molecule has 1 aromatic heterocycles. The van der Waals surface area contributed by atoms with Gasteiger partial charge in [0.2, 0.25) is 5.91 Å². The number of hydrogen-bond donors (Lipinski definition) is 3. The molecular weight excluding hydrogens is 274 g/mol. The molecule has 1 saturated heterocycles. The molecule has 1 amide bonds. The van der Waals surface area contributed by atoms with Crippen molar-refractivity contribution in [2.45, 2.75) is 19.8 Å². The van der Waals surface area contributed by atoms with Crippen molar-refractivity contribution in [1.29, 1.82) is 0 Å². The third kappa shape index (κ3) is 3.49. The van der Waals surface area contributed by atoms with Crippen molar-refractivity contribution in [3.8, 4) is 0 Å². The van der Waals surface area contributed by atoms with Gasteiger partial charge in [-0.3, -0.25) is 9.59 Å². The van der Waals surface area contributed by atoms with E-state index in [0.717, 1.165) is 0 Å². The van der Waals surface area contributed by atoms with Crippen LogP contribution in [-0.4, -0.2) is 41.7 Å². The molecule has 0 radical (unpaired) electrons. The summed E-state index contributed by atoms with van der Waals surface area (Å²) in [5.74, 6) is -0.931. The van der Waals surface area contributed by atoms with Gasteiger partial charge in [0.25, 0.3) is 0 Å². The predicted octanol–water partition coefficient (Wildman–Crippen LogP) is 0.782. The number of pyridine rings is 1. The summed E-state index contributed by atoms with van der Waals surface area (Å²) < 4.78 is 5.23. The molecule has 2 heterocycles. The number of rotatable bonds is 5. The van der Waals surface area contributed by atoms with Gasteiger partial charge in [-0.25, -0.2) is 4.98 Å². The van der Waals surface area contributed by atoms with Crippen LogP contribution >= 0.6 is 0 Å². The number of nitrogens with one attached hydrogen (secondary N) is 1. The first-order valence-corrected chi connectivity index (χ1v) is 6.76. The van der Waals surface area contributed by atoms with E-state index in [-0.39, 0.29) is 6.54 Å². The van der Waals surface area contributed by atoms with Gasteiger partial charge in [-0.2, -0.15) is 0 Å². The standard InChI is InChI=1S/C14H19N3O4/c1-9-6-10(12(15)18)7-11(17-9)16-8-14(13(19)20)2-4-21-5-3-14/h6-7H,2-5,8H2,1H3,(H2,15,18)(H,16,17)(H,19,20). The van der Waals surface area contributed by atoms with Crippen molar-refractivity contribution in [3.05, 3.63) is 23.4 Å². The van der Waals surface area contributed by atoms with E-state index in [0.29, 0.717) is 43.1 Å². The highest BCUT2D eigenvalue weighted by Gasteiger charge is 2.40. The highest BCUT2D eigenvalue weighted by molar-refractivity contribution is 5.93. The number of nitrogens with zero attached hydrogens (tertiary/aromatic N) is 1. The summed E-state index contributed by atoms with van der Waals surface area (Å²) in [5.41, 5.74) is 5.39. The van der Waals surface area contributed by atoms with Gasteiger partial charge in [0.05, 0.1) is 5.41 Å². The Bertz CT molecular complexity index is 553. The minimum absolute atomic E-state index is 0.236. The largest absolute Gasteiger partial charge is 0.481 e. The van der Waals surface area contributed by atoms with E-state index in [1.165, 1.54) is 6.07 Å². The molecule has 7 heteroatoms. The molecule has 0 aromatic carbocycles. The number of carboxylic acid groups (broad SMARTS) is 1. The first-order valence-electron chi connectivity index (χ1n) is 6.76. The molecule has 0 saturated carbocycles. The summed E-state index contributed by atoms with van der Waals surface area (Å²) in [6.07, 6.45) is 0.896. The minimum atomic E-state index is -0.865. The maximum atomic E-state index is 11.5. The van der Waals surface area contributed by atoms with E-state index in [2.05, 4.69) is 10.3 Å². The number of carbonyl (C=O) groups excluding carboxylic acids is 1. The molecule has 0 unspecified atom stereocenters. The highest BCUT2D eigenvalue weighted by atomic mass is 16.5. The first kappa shape index (κ1) is 15.2. The van der Waals surface area contributed by atoms with Crippen molar-refractivity contribution in [2.75, 3.05) is 25.1 Å². The van der Waals surface area contributed by atoms with Gasteiger partial charge < -0.3 is 20.9 Å². The molecular formula is C14H19N3O4. The van der Waals surface area contributed by atoms with E-state index in [9.17, 15) is 14.7 Å². The molecule has 0 bridgehead atoms. The van der Waals surface area contributed by atoms with Crippen molar-refractivity contribution >= 4 is 17.7 Å². The van der Waals surface area contributed by atoms with E-state index in [1.807, 2.05) is 0 Å². The normalized spacial score (nSPS) is 17.2. The molecule has 0 aliphatic carbocycles. The molecule has 2 rings (SSSR count). The van der Waals surface area contributed by atoms with Crippen LogP contribution in [0.1, 0.15) is 28.9 Å². The summed E-state index contributed by atoms with van der Waals surface area (Å²) in [6.45, 7) is 2.85. The number of aliphatic carboxylic acids is 1. The molecule has 1 aliphatic heterocycles. The summed E-state index contributed by atoms with van der Waals surface area (Å²) >= 11 is 0. The average Bonchev–Trinajstić information content (AvgIpc) is 2.45. The summed E-state index contributed by atoms with van der Waals surface area (Å²) in [7, 11) is 0. The lowest BCUT2D eigenvalue weighted by molar-refractivity contribution is -0.153. The van der Waals surface area contributed by atoms with Crippen LogP contribution in [0.15, 0.2) is 12.1 Å². The van der Waals surface area contributed by atoms with E-state index in [1.54, 1.807) is 13.0 Å². The summed E-state index contributed by atoms with van der Waals surface area (Å²) in [5, 5.41) is 12.5. The van der Waals surface area contributed by atoms with E-state index in [4.69, 9.17) is 10.5 Å². The van der Waals surface area contributed by atoms with Crippen LogP contribution in [0.5, 0.6) is 0 Å². The van der Waals surface area contributed by atoms with Crippen LogP contribution in [0.4, 0.5) is 5.82 Å². The predicted molar refractivity (Wildman–Crippen MR) is 76.1 cm³/mol. The second-order valence-corrected chi connectivity index (χ2v) is 5.30. The third-order valence-corrected chi connectivity index (χ3v) is 3.75. The van der Waals surface area contributed by atoms with Gasteiger partial charge in [0.1, 0.15) is 5.82 Å². The zero-order chi connectivity index (χ0) is 15.5. The fourth-order valence-electron chi connectivity index (χ4n) is 2.39. The molecule has 1 aromatic rings. The molecule has 0 spiro atoms. The maximum absolute atomic E-state index is 11.5. The first-order chi connectivity index (χ1) is 9.93. The Hall–Kier alpha value is -2.15. The Kier molecular flexibility index (Phi) is 4.42. The van der Waals surface area contributed by atoms with Crippen LogP contribution < -0.4 is 11.1 Å². The van der Waals surface area contributed by atoms with Gasteiger partial charge in [0, 0.05) is 31.0 Å². The van der Waals surface area contributed by atoms with Crippen molar-refractivity contribution < 1.29 is 19.4 Å². The number of carbonyl (C=O) groups is 2. The fraction of sp³-hybridized carbons (Fsp3) is 0.500. The van der Waals surface area contributed by atoms with E-state index >= 15 is 0 Å². The van der Waals surface area contributed by atoms with Crippen molar-refractivity contribution in [3.63, 3.8) is 0 Å².